The average molecular weight is 321 g/mol. The summed E-state index contributed by atoms with van der Waals surface area (Å²) in [5.41, 5.74) is 2.25. The molecule has 1 atom stereocenters. The van der Waals surface area contributed by atoms with Crippen LogP contribution in [0, 0.1) is 12.8 Å². The second kappa shape index (κ2) is 5.72. The second-order valence-electron chi connectivity index (χ2n) is 4.85. The van der Waals surface area contributed by atoms with Crippen LogP contribution in [-0.4, -0.2) is 33.1 Å². The Morgan fingerprint density at radius 3 is 2.88 bits per heavy atom. The number of hydrogen-bond acceptors (Lipinski definition) is 2. The van der Waals surface area contributed by atoms with Crippen LogP contribution in [0.1, 0.15) is 24.1 Å². The van der Waals surface area contributed by atoms with Gasteiger partial charge in [-0.2, -0.15) is 5.10 Å². The van der Waals surface area contributed by atoms with Gasteiger partial charge in [0.05, 0.1) is 5.69 Å². The molecule has 0 N–H and O–H groups in total. The molecule has 0 saturated carbocycles. The molecule has 0 bridgehead atoms. The maximum absolute atomic E-state index is 6.26. The summed E-state index contributed by atoms with van der Waals surface area (Å²) < 4.78 is 1.76. The highest BCUT2D eigenvalue weighted by atomic mass is 79.9. The molecule has 1 aliphatic heterocycles. The van der Waals surface area contributed by atoms with Crippen molar-refractivity contribution in [3.63, 3.8) is 0 Å². The Morgan fingerprint density at radius 2 is 2.29 bits per heavy atom. The SMILES string of the molecule is Cc1nn(C)c(Cl)c1CN1CCC(CCBr)C1. The summed E-state index contributed by atoms with van der Waals surface area (Å²) in [6.07, 6.45) is 2.58. The monoisotopic (exact) mass is 319 g/mol. The minimum atomic E-state index is 0.784. The lowest BCUT2D eigenvalue weighted by Crippen LogP contribution is -2.20. The van der Waals surface area contributed by atoms with Gasteiger partial charge >= 0.3 is 0 Å². The zero-order valence-corrected chi connectivity index (χ0v) is 12.8. The molecule has 1 fully saturated rings. The third-order valence-electron chi connectivity index (χ3n) is 3.54. The van der Waals surface area contributed by atoms with Crippen molar-refractivity contribution in [2.24, 2.45) is 13.0 Å². The smallest absolute Gasteiger partial charge is 0.131 e. The molecular weight excluding hydrogens is 302 g/mol. The topological polar surface area (TPSA) is 21.1 Å². The van der Waals surface area contributed by atoms with Gasteiger partial charge in [0.15, 0.2) is 0 Å². The van der Waals surface area contributed by atoms with Gasteiger partial charge in [0.25, 0.3) is 0 Å². The Bertz CT molecular complexity index is 391. The molecule has 2 heterocycles. The molecule has 96 valence electrons. The average Bonchev–Trinajstić information content (AvgIpc) is 2.81. The summed E-state index contributed by atoms with van der Waals surface area (Å²) in [4.78, 5) is 2.49. The number of aromatic nitrogens is 2. The first-order valence-corrected chi connectivity index (χ1v) is 7.58. The molecule has 0 aromatic carbocycles. The minimum absolute atomic E-state index is 0.784. The number of aryl methyl sites for hydroxylation is 2. The predicted molar refractivity (Wildman–Crippen MR) is 74.8 cm³/mol. The molecule has 5 heteroatoms. The maximum Gasteiger partial charge on any atom is 0.131 e. The Labute approximate surface area is 116 Å². The molecule has 0 amide bonds. The van der Waals surface area contributed by atoms with Crippen LogP contribution in [0.2, 0.25) is 5.15 Å². The summed E-state index contributed by atoms with van der Waals surface area (Å²) in [7, 11) is 1.90. The van der Waals surface area contributed by atoms with Crippen molar-refractivity contribution in [3.05, 3.63) is 16.4 Å². The van der Waals surface area contributed by atoms with Crippen molar-refractivity contribution in [1.82, 2.24) is 14.7 Å². The van der Waals surface area contributed by atoms with Gasteiger partial charge in [-0.05, 0) is 32.2 Å². The molecule has 1 unspecified atom stereocenters. The van der Waals surface area contributed by atoms with Crippen molar-refractivity contribution in [1.29, 1.82) is 0 Å². The summed E-state index contributed by atoms with van der Waals surface area (Å²) in [6.45, 7) is 5.35. The third kappa shape index (κ3) is 3.04. The van der Waals surface area contributed by atoms with Crippen molar-refractivity contribution in [3.8, 4) is 0 Å². The van der Waals surface area contributed by atoms with E-state index in [0.29, 0.717) is 0 Å². The lowest BCUT2D eigenvalue weighted by Gasteiger charge is -2.15. The van der Waals surface area contributed by atoms with Crippen LogP contribution in [0.15, 0.2) is 0 Å². The fraction of sp³-hybridized carbons (Fsp3) is 0.750. The van der Waals surface area contributed by atoms with Gasteiger partial charge in [-0.15, -0.1) is 0 Å². The largest absolute Gasteiger partial charge is 0.299 e. The standard InChI is InChI=1S/C12H19BrClN3/c1-9-11(12(14)16(2)15-9)8-17-6-4-10(7-17)3-5-13/h10H,3-8H2,1-2H3. The molecule has 2 rings (SSSR count). The number of nitrogens with zero attached hydrogens (tertiary/aromatic N) is 3. The number of rotatable bonds is 4. The first kappa shape index (κ1) is 13.4. The minimum Gasteiger partial charge on any atom is -0.299 e. The van der Waals surface area contributed by atoms with Crippen molar-refractivity contribution >= 4 is 27.5 Å². The summed E-state index contributed by atoms with van der Waals surface area (Å²) in [5, 5.41) is 6.25. The number of alkyl halides is 1. The van der Waals surface area contributed by atoms with Gasteiger partial charge in [0, 0.05) is 31.0 Å². The second-order valence-corrected chi connectivity index (χ2v) is 6.00. The molecule has 0 radical (unpaired) electrons. The fourth-order valence-electron chi connectivity index (χ4n) is 2.52. The van der Waals surface area contributed by atoms with Crippen LogP contribution in [0.3, 0.4) is 0 Å². The van der Waals surface area contributed by atoms with Crippen LogP contribution >= 0.6 is 27.5 Å². The Kier molecular flexibility index (Phi) is 4.50. The van der Waals surface area contributed by atoms with Crippen LogP contribution in [-0.2, 0) is 13.6 Å². The molecule has 1 saturated heterocycles. The first-order chi connectivity index (χ1) is 8.11. The van der Waals surface area contributed by atoms with Crippen LogP contribution in [0.4, 0.5) is 0 Å². The van der Waals surface area contributed by atoms with E-state index in [2.05, 4.69) is 25.9 Å². The van der Waals surface area contributed by atoms with Gasteiger partial charge in [0.2, 0.25) is 0 Å². The van der Waals surface area contributed by atoms with E-state index in [4.69, 9.17) is 11.6 Å². The van der Waals surface area contributed by atoms with Crippen LogP contribution in [0.25, 0.3) is 0 Å². The van der Waals surface area contributed by atoms with E-state index >= 15 is 0 Å². The quantitative estimate of drug-likeness (QED) is 0.795. The fourth-order valence-corrected chi connectivity index (χ4v) is 3.41. The van der Waals surface area contributed by atoms with Gasteiger partial charge in [-0.25, -0.2) is 0 Å². The molecule has 1 aromatic heterocycles. The van der Waals surface area contributed by atoms with E-state index in [1.807, 2.05) is 14.0 Å². The van der Waals surface area contributed by atoms with Gasteiger partial charge in [-0.3, -0.25) is 9.58 Å². The zero-order chi connectivity index (χ0) is 12.4. The number of hydrogen-bond donors (Lipinski definition) is 0. The van der Waals surface area contributed by atoms with Gasteiger partial charge in [0.1, 0.15) is 5.15 Å². The first-order valence-electron chi connectivity index (χ1n) is 6.08. The molecule has 1 aromatic rings. The highest BCUT2D eigenvalue weighted by Gasteiger charge is 2.24. The Morgan fingerprint density at radius 1 is 1.53 bits per heavy atom. The number of halogens is 2. The lowest BCUT2D eigenvalue weighted by atomic mass is 10.1. The molecule has 3 nitrogen and oxygen atoms in total. The van der Waals surface area contributed by atoms with Gasteiger partial charge < -0.3 is 0 Å². The predicted octanol–water partition coefficient (Wildman–Crippen LogP) is 2.99. The van der Waals surface area contributed by atoms with E-state index < -0.39 is 0 Å². The zero-order valence-electron chi connectivity index (χ0n) is 10.4. The van der Waals surface area contributed by atoms with E-state index in [1.54, 1.807) is 4.68 Å². The molecule has 17 heavy (non-hydrogen) atoms. The highest BCUT2D eigenvalue weighted by molar-refractivity contribution is 9.09. The van der Waals surface area contributed by atoms with E-state index in [0.717, 1.165) is 28.6 Å². The van der Waals surface area contributed by atoms with Crippen molar-refractivity contribution in [2.75, 3.05) is 18.4 Å². The lowest BCUT2D eigenvalue weighted by molar-refractivity contribution is 0.315. The van der Waals surface area contributed by atoms with E-state index in [9.17, 15) is 0 Å². The highest BCUT2D eigenvalue weighted by Crippen LogP contribution is 2.25. The van der Waals surface area contributed by atoms with Crippen molar-refractivity contribution < 1.29 is 0 Å². The van der Waals surface area contributed by atoms with Crippen molar-refractivity contribution in [2.45, 2.75) is 26.3 Å². The molecule has 0 aliphatic carbocycles. The normalized spacial score (nSPS) is 21.3. The van der Waals surface area contributed by atoms with E-state index in [-0.39, 0.29) is 0 Å². The van der Waals surface area contributed by atoms with E-state index in [1.165, 1.54) is 31.5 Å². The summed E-state index contributed by atoms with van der Waals surface area (Å²) >= 11 is 9.78. The Balaban J connectivity index is 1.98. The van der Waals surface area contributed by atoms with Crippen LogP contribution in [0.5, 0.6) is 0 Å². The van der Waals surface area contributed by atoms with Gasteiger partial charge in [-0.1, -0.05) is 27.5 Å². The molecular formula is C12H19BrClN3. The Hall–Kier alpha value is -0.0600. The summed E-state index contributed by atoms with van der Waals surface area (Å²) in [6, 6.07) is 0. The molecule has 0 spiro atoms. The number of likely N-dealkylation sites (tertiary alicyclic amines) is 1. The third-order valence-corrected chi connectivity index (χ3v) is 4.47. The van der Waals surface area contributed by atoms with Crippen LogP contribution < -0.4 is 0 Å². The maximum atomic E-state index is 6.26. The molecule has 1 aliphatic rings. The summed E-state index contributed by atoms with van der Waals surface area (Å²) in [5.74, 6) is 0.838.